The van der Waals surface area contributed by atoms with Gasteiger partial charge in [0.05, 0.1) is 0 Å². The van der Waals surface area contributed by atoms with E-state index in [-0.39, 0.29) is 18.2 Å². The fraction of sp³-hybridized carbons (Fsp3) is 0.241. The van der Waals surface area contributed by atoms with E-state index in [9.17, 15) is 19.2 Å². The second kappa shape index (κ2) is 14.9. The number of nitrogens with one attached hydrogen (secondary N) is 5. The lowest BCUT2D eigenvalue weighted by Gasteiger charge is -2.19. The average Bonchev–Trinajstić information content (AvgIpc) is 2.95. The number of urea groups is 1. The smallest absolute Gasteiger partial charge is 0.320 e. The van der Waals surface area contributed by atoms with Crippen molar-refractivity contribution in [3.8, 4) is 0 Å². The quantitative estimate of drug-likeness (QED) is 0.117. The summed E-state index contributed by atoms with van der Waals surface area (Å²) in [6.07, 6.45) is 2.28. The van der Waals surface area contributed by atoms with E-state index in [1.165, 1.54) is 0 Å². The van der Waals surface area contributed by atoms with Crippen molar-refractivity contribution in [2.75, 3.05) is 17.2 Å². The Bertz CT molecular complexity index is 1250. The van der Waals surface area contributed by atoms with Crippen molar-refractivity contribution >= 4 is 35.1 Å². The summed E-state index contributed by atoms with van der Waals surface area (Å²) in [6, 6.07) is 21.2. The third-order valence-electron chi connectivity index (χ3n) is 5.89. The van der Waals surface area contributed by atoms with Crippen LogP contribution in [0.4, 0.5) is 16.2 Å². The highest BCUT2D eigenvalue weighted by molar-refractivity contribution is 6.00. The van der Waals surface area contributed by atoms with Gasteiger partial charge in [-0.1, -0.05) is 54.4 Å². The van der Waals surface area contributed by atoms with Crippen LogP contribution in [-0.4, -0.2) is 35.5 Å². The molecule has 3 aromatic carbocycles. The molecule has 204 valence electrons. The molecule has 0 aliphatic rings. The Balaban J connectivity index is 1.52. The molecule has 0 aliphatic heterocycles. The molecule has 6 N–H and O–H groups in total. The van der Waals surface area contributed by atoms with Gasteiger partial charge in [0.25, 0.3) is 11.8 Å². The van der Waals surface area contributed by atoms with E-state index in [2.05, 4.69) is 21.3 Å². The van der Waals surface area contributed by atoms with Crippen molar-refractivity contribution in [2.24, 2.45) is 0 Å². The van der Waals surface area contributed by atoms with E-state index in [1.807, 2.05) is 25.1 Å². The molecule has 0 heterocycles. The number of hydrogen-bond acceptors (Lipinski definition) is 5. The molecule has 0 saturated carbocycles. The number of carbonyl (C=O) groups is 4. The van der Waals surface area contributed by atoms with Crippen molar-refractivity contribution in [2.45, 2.75) is 38.6 Å². The van der Waals surface area contributed by atoms with E-state index in [0.717, 1.165) is 12.0 Å². The first-order valence-electron chi connectivity index (χ1n) is 12.7. The van der Waals surface area contributed by atoms with Gasteiger partial charge < -0.3 is 21.3 Å². The van der Waals surface area contributed by atoms with Gasteiger partial charge in [0, 0.05) is 29.9 Å². The number of aryl methyl sites for hydroxylation is 1. The highest BCUT2D eigenvalue weighted by Gasteiger charge is 2.23. The largest absolute Gasteiger partial charge is 0.352 e. The van der Waals surface area contributed by atoms with E-state index < -0.39 is 18.0 Å². The minimum Gasteiger partial charge on any atom is -0.352 e. The molecule has 0 radical (unpaired) electrons. The fourth-order valence-corrected chi connectivity index (χ4v) is 3.75. The molecule has 0 spiro atoms. The Morgan fingerprint density at radius 2 is 1.41 bits per heavy atom. The molecule has 3 aromatic rings. The highest BCUT2D eigenvalue weighted by Crippen LogP contribution is 2.18. The number of anilines is 2. The van der Waals surface area contributed by atoms with Crippen LogP contribution < -0.4 is 26.7 Å². The van der Waals surface area contributed by atoms with Crippen LogP contribution in [0.5, 0.6) is 0 Å². The van der Waals surface area contributed by atoms with Gasteiger partial charge in [-0.15, -0.1) is 0 Å². The molecule has 5 amide bonds. The first-order valence-corrected chi connectivity index (χ1v) is 12.7. The Labute approximate surface area is 227 Å². The zero-order valence-electron chi connectivity index (χ0n) is 21.7. The van der Waals surface area contributed by atoms with E-state index >= 15 is 0 Å². The van der Waals surface area contributed by atoms with Gasteiger partial charge in [0.15, 0.2) is 0 Å². The monoisotopic (exact) mass is 531 g/mol. The first kappa shape index (κ1) is 28.9. The zero-order chi connectivity index (χ0) is 28.0. The summed E-state index contributed by atoms with van der Waals surface area (Å²) in [7, 11) is 0. The topological polar surface area (TPSA) is 149 Å². The lowest BCUT2D eigenvalue weighted by Crippen LogP contribution is -2.39. The summed E-state index contributed by atoms with van der Waals surface area (Å²) in [5.74, 6) is -1.07. The third kappa shape index (κ3) is 9.60. The molecule has 0 unspecified atom stereocenters. The summed E-state index contributed by atoms with van der Waals surface area (Å²) in [6.45, 7) is 2.41. The number of carbonyl (C=O) groups excluding carboxylic acids is 4. The van der Waals surface area contributed by atoms with Crippen LogP contribution in [0.15, 0.2) is 78.9 Å². The predicted molar refractivity (Wildman–Crippen MR) is 148 cm³/mol. The van der Waals surface area contributed by atoms with Gasteiger partial charge in [-0.3, -0.25) is 19.6 Å². The second-order valence-corrected chi connectivity index (χ2v) is 8.98. The first-order chi connectivity index (χ1) is 18.9. The van der Waals surface area contributed by atoms with Crippen LogP contribution in [0, 0.1) is 6.92 Å². The number of amides is 5. The second-order valence-electron chi connectivity index (χ2n) is 8.98. The molecule has 39 heavy (non-hydrogen) atoms. The van der Waals surface area contributed by atoms with Crippen LogP contribution in [-0.2, 0) is 9.59 Å². The Morgan fingerprint density at radius 3 is 2.08 bits per heavy atom. The maximum atomic E-state index is 13.1. The number of rotatable bonds is 12. The molecule has 0 saturated heterocycles. The van der Waals surface area contributed by atoms with Gasteiger partial charge in [0.1, 0.15) is 6.04 Å². The van der Waals surface area contributed by atoms with E-state index in [4.69, 9.17) is 5.21 Å². The van der Waals surface area contributed by atoms with E-state index in [0.29, 0.717) is 41.9 Å². The highest BCUT2D eigenvalue weighted by atomic mass is 16.5. The van der Waals surface area contributed by atoms with Crippen molar-refractivity contribution in [3.05, 3.63) is 95.6 Å². The molecule has 0 fully saturated rings. The summed E-state index contributed by atoms with van der Waals surface area (Å²) < 4.78 is 0. The lowest BCUT2D eigenvalue weighted by molar-refractivity contribution is -0.129. The average molecular weight is 532 g/mol. The maximum absolute atomic E-state index is 13.1. The molecule has 10 nitrogen and oxygen atoms in total. The van der Waals surface area contributed by atoms with Crippen molar-refractivity contribution in [3.63, 3.8) is 0 Å². The molecular formula is C29H33N5O5. The Hall–Kier alpha value is -4.70. The number of hydrogen-bond donors (Lipinski definition) is 6. The van der Waals surface area contributed by atoms with Crippen LogP contribution in [0.2, 0.25) is 0 Å². The molecule has 1 atom stereocenters. The molecule has 10 heteroatoms. The summed E-state index contributed by atoms with van der Waals surface area (Å²) in [4.78, 5) is 49.2. The molecular weight excluding hydrogens is 498 g/mol. The normalized spacial score (nSPS) is 11.1. The van der Waals surface area contributed by atoms with Gasteiger partial charge in [-0.2, -0.15) is 0 Å². The maximum Gasteiger partial charge on any atom is 0.320 e. The fourth-order valence-electron chi connectivity index (χ4n) is 3.75. The van der Waals surface area contributed by atoms with Crippen LogP contribution in [0.25, 0.3) is 0 Å². The van der Waals surface area contributed by atoms with Gasteiger partial charge in [-0.05, 0) is 61.7 Å². The van der Waals surface area contributed by atoms with Gasteiger partial charge in [-0.25, -0.2) is 10.3 Å². The number of hydroxylamine groups is 1. The van der Waals surface area contributed by atoms with Crippen LogP contribution in [0.1, 0.15) is 53.2 Å². The predicted octanol–water partition coefficient (Wildman–Crippen LogP) is 4.29. The van der Waals surface area contributed by atoms with Gasteiger partial charge >= 0.3 is 6.03 Å². The van der Waals surface area contributed by atoms with E-state index in [1.54, 1.807) is 66.1 Å². The van der Waals surface area contributed by atoms with Crippen molar-refractivity contribution < 1.29 is 24.4 Å². The van der Waals surface area contributed by atoms with Crippen molar-refractivity contribution in [1.82, 2.24) is 16.1 Å². The minimum absolute atomic E-state index is 0.232. The summed E-state index contributed by atoms with van der Waals surface area (Å²) >= 11 is 0. The molecule has 0 aliphatic carbocycles. The minimum atomic E-state index is -0.935. The standard InChI is InChI=1S/C29H33N5O5/c1-20-11-15-23(16-12-20)31-28(37)26(21-8-4-2-5-9-21)33-29(38)32-24-17-13-22(14-18-24)27(36)30-19-7-3-6-10-25(35)34-39/h2,4-5,8-9,11-18,26,39H,3,6-7,10,19H2,1H3,(H,30,36)(H,31,37)(H,34,35)(H2,32,33,38)/t26-/m0/s1. The zero-order valence-corrected chi connectivity index (χ0v) is 21.7. The molecule has 0 aromatic heterocycles. The van der Waals surface area contributed by atoms with Crippen LogP contribution in [0.3, 0.4) is 0 Å². The number of unbranched alkanes of at least 4 members (excludes halogenated alkanes) is 2. The third-order valence-corrected chi connectivity index (χ3v) is 5.89. The lowest BCUT2D eigenvalue weighted by atomic mass is 10.1. The van der Waals surface area contributed by atoms with Crippen molar-refractivity contribution in [1.29, 1.82) is 0 Å². The Morgan fingerprint density at radius 1 is 0.769 bits per heavy atom. The molecule has 3 rings (SSSR count). The number of benzene rings is 3. The SMILES string of the molecule is Cc1ccc(NC(=O)[C@@H](NC(=O)Nc2ccc(C(=O)NCCCCCC(=O)NO)cc2)c2ccccc2)cc1. The van der Waals surface area contributed by atoms with Gasteiger partial charge in [0.2, 0.25) is 5.91 Å². The Kier molecular flexibility index (Phi) is 11.0. The summed E-state index contributed by atoms with van der Waals surface area (Å²) in [5.41, 5.74) is 4.79. The van der Waals surface area contributed by atoms with Crippen LogP contribution >= 0.6 is 0 Å². The molecule has 0 bridgehead atoms. The summed E-state index contributed by atoms with van der Waals surface area (Å²) in [5, 5.41) is 19.5.